The van der Waals surface area contributed by atoms with Gasteiger partial charge in [-0.05, 0) is 32.1 Å². The highest BCUT2D eigenvalue weighted by molar-refractivity contribution is 6.18. The molecule has 0 spiro atoms. The minimum Gasteiger partial charge on any atom is -0.313 e. The van der Waals surface area contributed by atoms with Gasteiger partial charge in [0.2, 0.25) is 0 Å². The maximum absolute atomic E-state index is 6.01. The van der Waals surface area contributed by atoms with Gasteiger partial charge in [-0.3, -0.25) is 0 Å². The molecule has 0 aliphatic rings. The van der Waals surface area contributed by atoms with Crippen LogP contribution in [0.2, 0.25) is 0 Å². The Morgan fingerprint density at radius 2 is 1.86 bits per heavy atom. The summed E-state index contributed by atoms with van der Waals surface area (Å²) in [5.74, 6) is 0.752. The molecule has 0 bridgehead atoms. The molecule has 0 radical (unpaired) electrons. The Balaban J connectivity index is 3.89. The van der Waals surface area contributed by atoms with Crippen molar-refractivity contribution in [2.45, 2.75) is 40.5 Å². The lowest BCUT2D eigenvalue weighted by Crippen LogP contribution is -2.35. The van der Waals surface area contributed by atoms with Gasteiger partial charge in [0, 0.05) is 19.0 Å². The largest absolute Gasteiger partial charge is 0.313 e. The number of rotatable bonds is 7. The maximum Gasteiger partial charge on any atom is 0.0291 e. The minimum absolute atomic E-state index is 0.289. The number of hydrogen-bond donors (Lipinski definition) is 1. The molecular formula is C12H24ClN. The van der Waals surface area contributed by atoms with Gasteiger partial charge in [-0.15, -0.1) is 11.6 Å². The van der Waals surface area contributed by atoms with Crippen molar-refractivity contribution in [3.63, 3.8) is 0 Å². The molecule has 0 aliphatic heterocycles. The molecule has 1 N–H and O–H groups in total. The molecule has 0 aromatic heterocycles. The van der Waals surface area contributed by atoms with Crippen LogP contribution in [0.1, 0.15) is 40.5 Å². The van der Waals surface area contributed by atoms with E-state index < -0.39 is 0 Å². The monoisotopic (exact) mass is 217 g/mol. The van der Waals surface area contributed by atoms with Gasteiger partial charge in [0.25, 0.3) is 0 Å². The van der Waals surface area contributed by atoms with Crippen molar-refractivity contribution >= 4 is 11.6 Å². The van der Waals surface area contributed by atoms with E-state index in [4.69, 9.17) is 11.6 Å². The third-order valence-electron chi connectivity index (χ3n) is 2.94. The van der Waals surface area contributed by atoms with E-state index in [2.05, 4.69) is 39.1 Å². The fourth-order valence-electron chi connectivity index (χ4n) is 1.35. The summed E-state index contributed by atoms with van der Waals surface area (Å²) >= 11 is 6.01. The molecule has 14 heavy (non-hydrogen) atoms. The molecular weight excluding hydrogens is 194 g/mol. The van der Waals surface area contributed by atoms with Gasteiger partial charge < -0.3 is 5.32 Å². The van der Waals surface area contributed by atoms with E-state index in [1.54, 1.807) is 0 Å². The zero-order valence-electron chi connectivity index (χ0n) is 9.99. The Morgan fingerprint density at radius 1 is 1.29 bits per heavy atom. The molecule has 0 aliphatic carbocycles. The van der Waals surface area contributed by atoms with E-state index in [0.717, 1.165) is 31.8 Å². The summed E-state index contributed by atoms with van der Waals surface area (Å²) in [7, 11) is 0. The molecule has 0 atom stereocenters. The molecule has 2 heteroatoms. The second-order valence-electron chi connectivity index (χ2n) is 4.25. The first kappa shape index (κ1) is 14.0. The second kappa shape index (κ2) is 7.30. The summed E-state index contributed by atoms with van der Waals surface area (Å²) in [5, 5.41) is 3.45. The Kier molecular flexibility index (Phi) is 7.30. The highest BCUT2D eigenvalue weighted by Crippen LogP contribution is 2.26. The zero-order valence-corrected chi connectivity index (χ0v) is 10.7. The number of alkyl halides is 1. The van der Waals surface area contributed by atoms with Crippen LogP contribution in [0.15, 0.2) is 11.6 Å². The number of hydrogen-bond acceptors (Lipinski definition) is 1. The topological polar surface area (TPSA) is 12.0 Å². The van der Waals surface area contributed by atoms with Crippen LogP contribution in [0.25, 0.3) is 0 Å². The van der Waals surface area contributed by atoms with Gasteiger partial charge in [-0.2, -0.15) is 0 Å². The van der Waals surface area contributed by atoms with Crippen molar-refractivity contribution in [2.75, 3.05) is 19.0 Å². The molecule has 0 heterocycles. The Bertz CT molecular complexity index is 159. The molecule has 0 saturated carbocycles. The predicted octanol–water partition coefficient (Wildman–Crippen LogP) is 3.59. The maximum atomic E-state index is 6.01. The fraction of sp³-hybridized carbons (Fsp3) is 0.833. The normalized spacial score (nSPS) is 11.5. The second-order valence-corrected chi connectivity index (χ2v) is 4.52. The molecule has 84 valence electrons. The zero-order chi connectivity index (χ0) is 11.0. The Morgan fingerprint density at radius 3 is 2.21 bits per heavy atom. The molecule has 0 fully saturated rings. The van der Waals surface area contributed by atoms with Crippen molar-refractivity contribution < 1.29 is 0 Å². The smallest absolute Gasteiger partial charge is 0.0291 e. The van der Waals surface area contributed by atoms with Crippen LogP contribution in [0.4, 0.5) is 0 Å². The summed E-state index contributed by atoms with van der Waals surface area (Å²) in [6.45, 7) is 10.7. The van der Waals surface area contributed by atoms with E-state index >= 15 is 0 Å². The van der Waals surface area contributed by atoms with E-state index in [1.165, 1.54) is 5.57 Å². The summed E-state index contributed by atoms with van der Waals surface area (Å²) in [5.41, 5.74) is 1.65. The van der Waals surface area contributed by atoms with E-state index in [0.29, 0.717) is 0 Å². The van der Waals surface area contributed by atoms with Crippen molar-refractivity contribution in [3.8, 4) is 0 Å². The van der Waals surface area contributed by atoms with Gasteiger partial charge in [-0.1, -0.05) is 25.5 Å². The SMILES string of the molecule is CCC(CC)(CCl)CNCC=C(C)C. The quantitative estimate of drug-likeness (QED) is 0.391. The fourth-order valence-corrected chi connectivity index (χ4v) is 1.82. The average molecular weight is 218 g/mol. The number of allylic oxidation sites excluding steroid dienone is 1. The molecule has 0 rings (SSSR count). The standard InChI is InChI=1S/C12H24ClN/c1-5-12(6-2,9-13)10-14-8-7-11(3)4/h7,14H,5-6,8-10H2,1-4H3. The minimum atomic E-state index is 0.289. The van der Waals surface area contributed by atoms with Gasteiger partial charge in [-0.25, -0.2) is 0 Å². The lowest BCUT2D eigenvalue weighted by Gasteiger charge is -2.29. The third-order valence-corrected chi connectivity index (χ3v) is 3.51. The lowest BCUT2D eigenvalue weighted by atomic mass is 9.84. The average Bonchev–Trinajstić information content (AvgIpc) is 2.19. The van der Waals surface area contributed by atoms with Crippen LogP contribution in [0.5, 0.6) is 0 Å². The predicted molar refractivity (Wildman–Crippen MR) is 66.0 cm³/mol. The molecule has 0 aromatic carbocycles. The van der Waals surface area contributed by atoms with Gasteiger partial charge in [0.1, 0.15) is 0 Å². The van der Waals surface area contributed by atoms with Crippen LogP contribution in [0.3, 0.4) is 0 Å². The van der Waals surface area contributed by atoms with Gasteiger partial charge in [0.05, 0.1) is 0 Å². The Labute approximate surface area is 93.9 Å². The summed E-state index contributed by atoms with van der Waals surface area (Å²) in [4.78, 5) is 0. The van der Waals surface area contributed by atoms with Crippen LogP contribution in [-0.2, 0) is 0 Å². The van der Waals surface area contributed by atoms with E-state index in [-0.39, 0.29) is 5.41 Å². The van der Waals surface area contributed by atoms with E-state index in [1.807, 2.05) is 0 Å². The van der Waals surface area contributed by atoms with Crippen molar-refractivity contribution in [1.82, 2.24) is 5.32 Å². The number of halogens is 1. The summed E-state index contributed by atoms with van der Waals surface area (Å²) < 4.78 is 0. The first-order valence-electron chi connectivity index (χ1n) is 5.50. The third kappa shape index (κ3) is 5.02. The van der Waals surface area contributed by atoms with Crippen molar-refractivity contribution in [2.24, 2.45) is 5.41 Å². The van der Waals surface area contributed by atoms with Crippen LogP contribution in [-0.4, -0.2) is 19.0 Å². The molecule has 0 amide bonds. The number of nitrogens with one attached hydrogen (secondary N) is 1. The first-order valence-corrected chi connectivity index (χ1v) is 6.03. The Hall–Kier alpha value is -0.0100. The first-order chi connectivity index (χ1) is 6.60. The molecule has 0 saturated heterocycles. The van der Waals surface area contributed by atoms with Crippen molar-refractivity contribution in [3.05, 3.63) is 11.6 Å². The van der Waals surface area contributed by atoms with Crippen LogP contribution in [0, 0.1) is 5.41 Å². The van der Waals surface area contributed by atoms with Crippen LogP contribution < -0.4 is 5.32 Å². The lowest BCUT2D eigenvalue weighted by molar-refractivity contribution is 0.291. The van der Waals surface area contributed by atoms with E-state index in [9.17, 15) is 0 Å². The molecule has 0 aromatic rings. The highest BCUT2D eigenvalue weighted by Gasteiger charge is 2.23. The van der Waals surface area contributed by atoms with Crippen LogP contribution >= 0.6 is 11.6 Å². The van der Waals surface area contributed by atoms with Gasteiger partial charge >= 0.3 is 0 Å². The summed E-state index contributed by atoms with van der Waals surface area (Å²) in [6.07, 6.45) is 4.51. The molecule has 1 nitrogen and oxygen atoms in total. The molecule has 0 unspecified atom stereocenters. The van der Waals surface area contributed by atoms with Crippen molar-refractivity contribution in [1.29, 1.82) is 0 Å². The highest BCUT2D eigenvalue weighted by atomic mass is 35.5. The van der Waals surface area contributed by atoms with Gasteiger partial charge in [0.15, 0.2) is 0 Å². The summed E-state index contributed by atoms with van der Waals surface area (Å²) in [6, 6.07) is 0.